The minimum atomic E-state index is -0.0776. The minimum absolute atomic E-state index is 0.0776. The van der Waals surface area contributed by atoms with Crippen molar-refractivity contribution in [2.45, 2.75) is 76.3 Å². The quantitative estimate of drug-likeness (QED) is 0.664. The van der Waals surface area contributed by atoms with Gasteiger partial charge in [0.2, 0.25) is 0 Å². The lowest BCUT2D eigenvalue weighted by molar-refractivity contribution is -0.726. The van der Waals surface area contributed by atoms with E-state index in [1.807, 2.05) is 0 Å². The Hall–Kier alpha value is -0.770. The van der Waals surface area contributed by atoms with Crippen LogP contribution in [-0.4, -0.2) is 9.68 Å². The average molecular weight is 293 g/mol. The van der Waals surface area contributed by atoms with Crippen LogP contribution in [0.3, 0.4) is 0 Å². The van der Waals surface area contributed by atoms with Crippen LogP contribution < -0.4 is 4.57 Å². The molecule has 3 nitrogen and oxygen atoms in total. The Morgan fingerprint density at radius 3 is 2.25 bits per heavy atom. The zero-order valence-corrected chi connectivity index (χ0v) is 13.0. The molecule has 20 heavy (non-hydrogen) atoms. The van der Waals surface area contributed by atoms with Gasteiger partial charge >= 0.3 is 5.82 Å². The fraction of sp³-hybridized carbons (Fsp3) is 0.750. The van der Waals surface area contributed by atoms with Crippen molar-refractivity contribution in [1.29, 1.82) is 0 Å². The Morgan fingerprint density at radius 1 is 1.05 bits per heavy atom. The zero-order chi connectivity index (χ0) is 13.9. The average Bonchev–Trinajstić information content (AvgIpc) is 2.94. The highest BCUT2D eigenvalue weighted by molar-refractivity contribution is 7.97. The molecule has 0 atom stereocenters. The maximum absolute atomic E-state index is 12.1. The zero-order valence-electron chi connectivity index (χ0n) is 12.1. The van der Waals surface area contributed by atoms with Gasteiger partial charge in [0, 0.05) is 0 Å². The molecule has 110 valence electrons. The van der Waals surface area contributed by atoms with E-state index in [2.05, 4.69) is 34.2 Å². The second-order valence-corrected chi connectivity index (χ2v) is 6.73. The summed E-state index contributed by atoms with van der Waals surface area (Å²) in [5.41, 5.74) is 0. The van der Waals surface area contributed by atoms with Gasteiger partial charge in [-0.2, -0.15) is 0 Å². The van der Waals surface area contributed by atoms with Gasteiger partial charge in [-0.05, 0) is 51.4 Å². The third kappa shape index (κ3) is 2.80. The van der Waals surface area contributed by atoms with E-state index < -0.39 is 0 Å². The SMILES string of the molecule is O=C(S)c1n(C2CCCCC2)cc[n+]1C1CCCCC1. The molecular formula is C16H25N2OS+. The molecule has 4 heteroatoms. The number of carbonyl (C=O) groups is 1. The Morgan fingerprint density at radius 2 is 1.65 bits per heavy atom. The first-order chi connectivity index (χ1) is 9.77. The summed E-state index contributed by atoms with van der Waals surface area (Å²) < 4.78 is 4.42. The maximum atomic E-state index is 12.1. The van der Waals surface area contributed by atoms with E-state index in [4.69, 9.17) is 0 Å². The summed E-state index contributed by atoms with van der Waals surface area (Å²) in [7, 11) is 0. The fourth-order valence-corrected chi connectivity index (χ4v) is 4.18. The van der Waals surface area contributed by atoms with Gasteiger partial charge in [0.15, 0.2) is 0 Å². The van der Waals surface area contributed by atoms with Gasteiger partial charge in [0.25, 0.3) is 5.12 Å². The van der Waals surface area contributed by atoms with Crippen LogP contribution >= 0.6 is 12.6 Å². The number of hydrogen-bond acceptors (Lipinski definition) is 1. The Labute approximate surface area is 126 Å². The number of hydrogen-bond donors (Lipinski definition) is 1. The van der Waals surface area contributed by atoms with E-state index >= 15 is 0 Å². The molecule has 0 saturated heterocycles. The normalized spacial score (nSPS) is 22.1. The van der Waals surface area contributed by atoms with E-state index in [0.29, 0.717) is 12.1 Å². The number of nitrogens with zero attached hydrogens (tertiary/aromatic N) is 2. The highest BCUT2D eigenvalue weighted by Crippen LogP contribution is 2.30. The molecule has 1 aromatic rings. The van der Waals surface area contributed by atoms with Crippen LogP contribution in [0.4, 0.5) is 0 Å². The summed E-state index contributed by atoms with van der Waals surface area (Å²) in [6.07, 6.45) is 16.9. The van der Waals surface area contributed by atoms with Crippen molar-refractivity contribution in [3.8, 4) is 0 Å². The lowest BCUT2D eigenvalue weighted by Gasteiger charge is -2.22. The second kappa shape index (κ2) is 6.33. The number of thiol groups is 1. The van der Waals surface area contributed by atoms with E-state index in [-0.39, 0.29) is 5.12 Å². The van der Waals surface area contributed by atoms with Crippen molar-refractivity contribution in [1.82, 2.24) is 4.57 Å². The molecule has 0 bridgehead atoms. The van der Waals surface area contributed by atoms with Crippen molar-refractivity contribution in [2.24, 2.45) is 0 Å². The number of carbonyl (C=O) groups excluding carboxylic acids is 1. The molecular weight excluding hydrogens is 268 g/mol. The molecule has 2 saturated carbocycles. The fourth-order valence-electron chi connectivity index (χ4n) is 3.95. The van der Waals surface area contributed by atoms with Crippen molar-refractivity contribution in [3.05, 3.63) is 18.2 Å². The summed E-state index contributed by atoms with van der Waals surface area (Å²) in [6, 6.07) is 0.999. The Bertz CT molecular complexity index is 435. The van der Waals surface area contributed by atoms with Crippen LogP contribution in [0.25, 0.3) is 0 Å². The van der Waals surface area contributed by atoms with Crippen LogP contribution in [0, 0.1) is 0 Å². The lowest BCUT2D eigenvalue weighted by Crippen LogP contribution is -2.44. The number of imidazole rings is 1. The lowest BCUT2D eigenvalue weighted by atomic mass is 9.95. The first-order valence-electron chi connectivity index (χ1n) is 8.12. The molecule has 0 aliphatic heterocycles. The van der Waals surface area contributed by atoms with Gasteiger partial charge in [-0.1, -0.05) is 25.5 Å². The molecule has 0 radical (unpaired) electrons. The molecule has 3 rings (SSSR count). The largest absolute Gasteiger partial charge is 0.337 e. The number of rotatable bonds is 3. The van der Waals surface area contributed by atoms with E-state index in [1.54, 1.807) is 0 Å². The van der Waals surface area contributed by atoms with Crippen LogP contribution in [0.1, 0.15) is 86.9 Å². The van der Waals surface area contributed by atoms with Crippen LogP contribution in [0.2, 0.25) is 0 Å². The van der Waals surface area contributed by atoms with Crippen molar-refractivity contribution in [3.63, 3.8) is 0 Å². The second-order valence-electron chi connectivity index (χ2n) is 6.33. The molecule has 0 spiro atoms. The van der Waals surface area contributed by atoms with Gasteiger partial charge < -0.3 is 0 Å². The molecule has 1 aromatic heterocycles. The van der Waals surface area contributed by atoms with Gasteiger partial charge in [-0.3, -0.25) is 4.79 Å². The summed E-state index contributed by atoms with van der Waals surface area (Å²) in [5.74, 6) is 0.812. The monoisotopic (exact) mass is 293 g/mol. The van der Waals surface area contributed by atoms with Gasteiger partial charge in [-0.25, -0.2) is 9.13 Å². The molecule has 2 fully saturated rings. The van der Waals surface area contributed by atoms with Crippen molar-refractivity contribution < 1.29 is 9.36 Å². The number of aromatic nitrogens is 2. The highest BCUT2D eigenvalue weighted by atomic mass is 32.1. The molecule has 1 heterocycles. The highest BCUT2D eigenvalue weighted by Gasteiger charge is 2.32. The topological polar surface area (TPSA) is 25.9 Å². The summed E-state index contributed by atoms with van der Waals surface area (Å²) in [6.45, 7) is 0. The van der Waals surface area contributed by atoms with Crippen LogP contribution in [0.15, 0.2) is 12.4 Å². The third-order valence-electron chi connectivity index (χ3n) is 5.00. The smallest absolute Gasteiger partial charge is 0.273 e. The summed E-state index contributed by atoms with van der Waals surface area (Å²) in [5, 5.41) is -0.0776. The molecule has 0 unspecified atom stereocenters. The predicted octanol–water partition coefficient (Wildman–Crippen LogP) is 3.86. The maximum Gasteiger partial charge on any atom is 0.337 e. The Kier molecular flexibility index (Phi) is 4.49. The third-order valence-corrected chi connectivity index (χ3v) is 5.20. The van der Waals surface area contributed by atoms with Crippen LogP contribution in [0.5, 0.6) is 0 Å². The van der Waals surface area contributed by atoms with Crippen molar-refractivity contribution >= 4 is 17.7 Å². The molecule has 2 aliphatic carbocycles. The molecule has 2 aliphatic rings. The van der Waals surface area contributed by atoms with Gasteiger partial charge in [-0.15, -0.1) is 0 Å². The Balaban J connectivity index is 1.90. The molecule has 0 aromatic carbocycles. The van der Waals surface area contributed by atoms with E-state index in [1.165, 1.54) is 64.2 Å². The van der Waals surface area contributed by atoms with Crippen LogP contribution in [-0.2, 0) is 0 Å². The van der Waals surface area contributed by atoms with Gasteiger partial charge in [0.05, 0.1) is 0 Å². The molecule has 0 N–H and O–H groups in total. The first kappa shape index (κ1) is 14.2. The summed E-state index contributed by atoms with van der Waals surface area (Å²) in [4.78, 5) is 12.1. The first-order valence-corrected chi connectivity index (χ1v) is 8.57. The summed E-state index contributed by atoms with van der Waals surface area (Å²) >= 11 is 4.15. The van der Waals surface area contributed by atoms with Gasteiger partial charge in [0.1, 0.15) is 24.5 Å². The standard InChI is InChI=1S/C16H24N2OS/c19-16(20)15-17(13-7-3-1-4-8-13)11-12-18(15)14-9-5-2-6-10-14/h11-14H,1-10H2/p+1. The van der Waals surface area contributed by atoms with E-state index in [0.717, 1.165) is 5.82 Å². The predicted molar refractivity (Wildman–Crippen MR) is 82.2 cm³/mol. The van der Waals surface area contributed by atoms with Crippen molar-refractivity contribution in [2.75, 3.05) is 0 Å². The van der Waals surface area contributed by atoms with E-state index in [9.17, 15) is 4.79 Å². The molecule has 0 amide bonds. The minimum Gasteiger partial charge on any atom is -0.273 e.